The van der Waals surface area contributed by atoms with Gasteiger partial charge in [-0.2, -0.15) is 0 Å². The second-order valence-electron chi connectivity index (χ2n) is 2.68. The lowest BCUT2D eigenvalue weighted by atomic mass is 10.3. The van der Waals surface area contributed by atoms with Gasteiger partial charge in [0, 0.05) is 12.4 Å². The first-order chi connectivity index (χ1) is 6.55. The molecule has 78 valence electrons. The van der Waals surface area contributed by atoms with Crippen molar-refractivity contribution in [3.8, 4) is 0 Å². The lowest BCUT2D eigenvalue weighted by Crippen LogP contribution is -2.36. The van der Waals surface area contributed by atoms with E-state index in [0.29, 0.717) is 0 Å². The van der Waals surface area contributed by atoms with E-state index in [1.807, 2.05) is 0 Å². The average molecular weight is 204 g/mol. The van der Waals surface area contributed by atoms with E-state index in [1.54, 1.807) is 0 Å². The summed E-state index contributed by atoms with van der Waals surface area (Å²) < 4.78 is 25.3. The van der Waals surface area contributed by atoms with Crippen molar-refractivity contribution >= 4 is 5.82 Å². The van der Waals surface area contributed by atoms with Gasteiger partial charge in [0.05, 0.1) is 13.1 Å². The molecule has 1 rings (SSSR count). The van der Waals surface area contributed by atoms with Gasteiger partial charge in [0.25, 0.3) is 11.5 Å². The van der Waals surface area contributed by atoms with Crippen LogP contribution in [0.5, 0.6) is 0 Å². The Morgan fingerprint density at radius 2 is 2.36 bits per heavy atom. The first kappa shape index (κ1) is 10.6. The lowest BCUT2D eigenvalue weighted by Gasteiger charge is -2.13. The fourth-order valence-electron chi connectivity index (χ4n) is 0.763. The zero-order chi connectivity index (χ0) is 10.6. The van der Waals surface area contributed by atoms with Crippen molar-refractivity contribution in [2.75, 3.05) is 18.4 Å². The SMILES string of the molecule is NCC(F)(F)CNc1ncc[nH]c1=O. The van der Waals surface area contributed by atoms with Crippen LogP contribution in [0.3, 0.4) is 0 Å². The fourth-order valence-corrected chi connectivity index (χ4v) is 0.763. The highest BCUT2D eigenvalue weighted by molar-refractivity contribution is 5.30. The Bertz CT molecular complexity index is 352. The molecule has 0 fully saturated rings. The number of hydrogen-bond acceptors (Lipinski definition) is 4. The molecule has 4 N–H and O–H groups in total. The molecule has 1 aromatic rings. The third-order valence-corrected chi connectivity index (χ3v) is 1.52. The Kier molecular flexibility index (Phi) is 3.13. The number of rotatable bonds is 4. The highest BCUT2D eigenvalue weighted by Gasteiger charge is 2.26. The van der Waals surface area contributed by atoms with Gasteiger partial charge in [-0.3, -0.25) is 4.79 Å². The quantitative estimate of drug-likeness (QED) is 0.632. The summed E-state index contributed by atoms with van der Waals surface area (Å²) in [7, 11) is 0. The predicted molar refractivity (Wildman–Crippen MR) is 47.3 cm³/mol. The number of nitrogens with two attached hydrogens (primary N) is 1. The largest absolute Gasteiger partial charge is 0.359 e. The minimum absolute atomic E-state index is 0.138. The van der Waals surface area contributed by atoms with Gasteiger partial charge in [0.2, 0.25) is 0 Å². The van der Waals surface area contributed by atoms with Gasteiger partial charge in [-0.15, -0.1) is 0 Å². The Labute approximate surface area is 78.3 Å². The van der Waals surface area contributed by atoms with E-state index in [1.165, 1.54) is 12.4 Å². The maximum Gasteiger partial charge on any atom is 0.290 e. The Morgan fingerprint density at radius 3 is 2.93 bits per heavy atom. The first-order valence-corrected chi connectivity index (χ1v) is 3.90. The number of aromatic amines is 1. The summed E-state index contributed by atoms with van der Waals surface area (Å²) in [6.45, 7) is -1.48. The van der Waals surface area contributed by atoms with E-state index >= 15 is 0 Å². The van der Waals surface area contributed by atoms with Crippen molar-refractivity contribution in [2.24, 2.45) is 5.73 Å². The maximum atomic E-state index is 12.6. The van der Waals surface area contributed by atoms with Crippen molar-refractivity contribution in [1.29, 1.82) is 0 Å². The second kappa shape index (κ2) is 4.14. The van der Waals surface area contributed by atoms with Gasteiger partial charge in [-0.1, -0.05) is 0 Å². The summed E-state index contributed by atoms with van der Waals surface area (Å²) in [6.07, 6.45) is 2.61. The van der Waals surface area contributed by atoms with E-state index < -0.39 is 24.6 Å². The van der Waals surface area contributed by atoms with Crippen LogP contribution < -0.4 is 16.6 Å². The number of H-pyrrole nitrogens is 1. The van der Waals surface area contributed by atoms with Crippen molar-refractivity contribution in [3.63, 3.8) is 0 Å². The van der Waals surface area contributed by atoms with E-state index in [0.717, 1.165) is 0 Å². The molecule has 0 aliphatic rings. The monoisotopic (exact) mass is 204 g/mol. The Hall–Kier alpha value is -1.50. The number of nitrogens with one attached hydrogen (secondary N) is 2. The van der Waals surface area contributed by atoms with Gasteiger partial charge in [0.15, 0.2) is 5.82 Å². The number of alkyl halides is 2. The molecule has 0 bridgehead atoms. The van der Waals surface area contributed by atoms with Crippen LogP contribution in [0.4, 0.5) is 14.6 Å². The lowest BCUT2D eigenvalue weighted by molar-refractivity contribution is 0.0253. The number of aromatic nitrogens is 2. The molecule has 0 atom stereocenters. The van der Waals surface area contributed by atoms with Crippen molar-refractivity contribution in [2.45, 2.75) is 5.92 Å². The predicted octanol–water partition coefficient (Wildman–Crippen LogP) is -0.224. The molecular weight excluding hydrogens is 194 g/mol. The Morgan fingerprint density at radius 1 is 1.64 bits per heavy atom. The standard InChI is InChI=1S/C7H10F2N4O/c8-7(9,3-10)4-13-5-6(14)12-2-1-11-5/h1-2H,3-4,10H2,(H,11,13)(H,12,14). The molecule has 0 unspecified atom stereocenters. The molecule has 0 amide bonds. The normalized spacial score (nSPS) is 11.4. The number of nitrogens with zero attached hydrogens (tertiary/aromatic N) is 1. The molecule has 0 spiro atoms. The summed E-state index contributed by atoms with van der Waals surface area (Å²) in [5.41, 5.74) is 4.27. The van der Waals surface area contributed by atoms with E-state index in [-0.39, 0.29) is 5.82 Å². The van der Waals surface area contributed by atoms with Crippen LogP contribution in [0, 0.1) is 0 Å². The highest BCUT2D eigenvalue weighted by atomic mass is 19.3. The summed E-state index contributed by atoms with van der Waals surface area (Å²) in [6, 6.07) is 0. The van der Waals surface area contributed by atoms with Crippen LogP contribution in [0.2, 0.25) is 0 Å². The topological polar surface area (TPSA) is 83.8 Å². The zero-order valence-corrected chi connectivity index (χ0v) is 7.26. The van der Waals surface area contributed by atoms with Crippen LogP contribution in [-0.4, -0.2) is 29.0 Å². The molecule has 0 aromatic carbocycles. The molecular formula is C7H10F2N4O. The number of halogens is 2. The fraction of sp³-hybridized carbons (Fsp3) is 0.429. The van der Waals surface area contributed by atoms with Crippen molar-refractivity contribution in [1.82, 2.24) is 9.97 Å². The van der Waals surface area contributed by atoms with Gasteiger partial charge in [0.1, 0.15) is 0 Å². The molecule has 0 aliphatic heterocycles. The summed E-state index contributed by atoms with van der Waals surface area (Å²) in [4.78, 5) is 16.9. The van der Waals surface area contributed by atoms with Gasteiger partial charge in [-0.05, 0) is 0 Å². The average Bonchev–Trinajstić information content (AvgIpc) is 2.17. The summed E-state index contributed by atoms with van der Waals surface area (Å²) in [5, 5.41) is 2.22. The first-order valence-electron chi connectivity index (χ1n) is 3.90. The summed E-state index contributed by atoms with van der Waals surface area (Å²) >= 11 is 0. The molecule has 14 heavy (non-hydrogen) atoms. The molecule has 5 nitrogen and oxygen atoms in total. The number of hydrogen-bond donors (Lipinski definition) is 3. The summed E-state index contributed by atoms with van der Waals surface area (Å²) in [5.74, 6) is -3.18. The minimum atomic E-state index is -3.04. The molecule has 1 aromatic heterocycles. The van der Waals surface area contributed by atoms with E-state index in [2.05, 4.69) is 15.3 Å². The van der Waals surface area contributed by atoms with Crippen molar-refractivity contribution in [3.05, 3.63) is 22.7 Å². The van der Waals surface area contributed by atoms with E-state index in [4.69, 9.17) is 5.73 Å². The Balaban J connectivity index is 2.63. The molecule has 0 aliphatic carbocycles. The zero-order valence-electron chi connectivity index (χ0n) is 7.26. The molecule has 7 heteroatoms. The van der Waals surface area contributed by atoms with Gasteiger partial charge < -0.3 is 16.0 Å². The van der Waals surface area contributed by atoms with Crippen LogP contribution in [-0.2, 0) is 0 Å². The number of anilines is 1. The van der Waals surface area contributed by atoms with E-state index in [9.17, 15) is 13.6 Å². The van der Waals surface area contributed by atoms with Crippen LogP contribution in [0.1, 0.15) is 0 Å². The minimum Gasteiger partial charge on any atom is -0.359 e. The third-order valence-electron chi connectivity index (χ3n) is 1.52. The molecule has 0 radical (unpaired) electrons. The van der Waals surface area contributed by atoms with Crippen LogP contribution in [0.25, 0.3) is 0 Å². The van der Waals surface area contributed by atoms with Gasteiger partial charge >= 0.3 is 0 Å². The molecule has 0 saturated carbocycles. The maximum absolute atomic E-state index is 12.6. The smallest absolute Gasteiger partial charge is 0.290 e. The van der Waals surface area contributed by atoms with Gasteiger partial charge in [-0.25, -0.2) is 13.8 Å². The molecule has 0 saturated heterocycles. The third kappa shape index (κ3) is 2.77. The van der Waals surface area contributed by atoms with Crippen molar-refractivity contribution < 1.29 is 8.78 Å². The van der Waals surface area contributed by atoms with Crippen LogP contribution >= 0.6 is 0 Å². The van der Waals surface area contributed by atoms with Crippen LogP contribution in [0.15, 0.2) is 17.2 Å². The second-order valence-corrected chi connectivity index (χ2v) is 2.68. The molecule has 1 heterocycles. The highest BCUT2D eigenvalue weighted by Crippen LogP contribution is 2.10.